The molecule has 0 spiro atoms. The van der Waals surface area contributed by atoms with Gasteiger partial charge in [0.1, 0.15) is 17.4 Å². The van der Waals surface area contributed by atoms with E-state index < -0.39 is 0 Å². The van der Waals surface area contributed by atoms with Gasteiger partial charge < -0.3 is 19.2 Å². The summed E-state index contributed by atoms with van der Waals surface area (Å²) in [5, 5.41) is 4.00. The van der Waals surface area contributed by atoms with Crippen LogP contribution in [0.3, 0.4) is 0 Å². The number of amides is 1. The number of aromatic nitrogens is 1. The first-order valence-electron chi connectivity index (χ1n) is 8.66. The quantitative estimate of drug-likeness (QED) is 0.781. The number of aryl methyl sites for hydroxylation is 1. The lowest BCUT2D eigenvalue weighted by Gasteiger charge is -2.32. The zero-order valence-electron chi connectivity index (χ0n) is 14.5. The number of nitrogens with zero attached hydrogens (tertiary/aromatic N) is 1. The summed E-state index contributed by atoms with van der Waals surface area (Å²) in [6.45, 7) is 2.86. The van der Waals surface area contributed by atoms with E-state index in [9.17, 15) is 4.79 Å². The lowest BCUT2D eigenvalue weighted by Crippen LogP contribution is -2.51. The summed E-state index contributed by atoms with van der Waals surface area (Å²) in [4.78, 5) is 17.0. The van der Waals surface area contributed by atoms with E-state index in [-0.39, 0.29) is 18.1 Å². The smallest absolute Gasteiger partial charge is 0.255 e. The highest BCUT2D eigenvalue weighted by Crippen LogP contribution is 2.23. The number of hydrogen-bond donors (Lipinski definition) is 1. The van der Waals surface area contributed by atoms with Gasteiger partial charge in [0, 0.05) is 24.3 Å². The van der Waals surface area contributed by atoms with Crippen LogP contribution in [0, 0.1) is 6.92 Å². The van der Waals surface area contributed by atoms with Gasteiger partial charge in [0.2, 0.25) is 5.88 Å². The zero-order chi connectivity index (χ0) is 17.9. The van der Waals surface area contributed by atoms with E-state index in [1.807, 2.05) is 37.3 Å². The van der Waals surface area contributed by atoms with E-state index in [0.29, 0.717) is 36.7 Å². The Kier molecular flexibility index (Phi) is 4.58. The largest absolute Gasteiger partial charge is 0.470 e. The molecular weight excluding hydrogens is 332 g/mol. The number of benzene rings is 1. The van der Waals surface area contributed by atoms with Crippen LogP contribution in [-0.4, -0.2) is 36.3 Å². The van der Waals surface area contributed by atoms with Crippen LogP contribution in [0.2, 0.25) is 0 Å². The van der Waals surface area contributed by atoms with Crippen LogP contribution in [0.25, 0.3) is 11.0 Å². The lowest BCUT2D eigenvalue weighted by molar-refractivity contribution is -0.0152. The molecule has 0 bridgehead atoms. The van der Waals surface area contributed by atoms with Crippen LogP contribution >= 0.6 is 0 Å². The van der Waals surface area contributed by atoms with Crippen LogP contribution < -0.4 is 10.1 Å². The van der Waals surface area contributed by atoms with Crippen LogP contribution in [0.1, 0.15) is 22.5 Å². The second-order valence-electron chi connectivity index (χ2n) is 6.35. The van der Waals surface area contributed by atoms with Crippen molar-refractivity contribution in [2.45, 2.75) is 25.5 Å². The summed E-state index contributed by atoms with van der Waals surface area (Å²) in [6.07, 6.45) is 2.06. The van der Waals surface area contributed by atoms with Gasteiger partial charge in [-0.15, -0.1) is 0 Å². The van der Waals surface area contributed by atoms with Gasteiger partial charge in [-0.1, -0.05) is 18.2 Å². The Bertz CT molecular complexity index is 907. The third kappa shape index (κ3) is 3.41. The molecule has 0 radical (unpaired) electrons. The zero-order valence-corrected chi connectivity index (χ0v) is 14.5. The summed E-state index contributed by atoms with van der Waals surface area (Å²) in [7, 11) is 0. The van der Waals surface area contributed by atoms with E-state index in [2.05, 4.69) is 10.3 Å². The molecule has 4 rings (SSSR count). The number of para-hydroxylation sites is 1. The number of hydrogen-bond acceptors (Lipinski definition) is 5. The van der Waals surface area contributed by atoms with Crippen molar-refractivity contribution in [3.63, 3.8) is 0 Å². The molecular formula is C20H20N2O4. The van der Waals surface area contributed by atoms with Gasteiger partial charge in [-0.2, -0.15) is 0 Å². The van der Waals surface area contributed by atoms with Gasteiger partial charge in [0.05, 0.1) is 18.2 Å². The van der Waals surface area contributed by atoms with Crippen LogP contribution in [0.5, 0.6) is 5.88 Å². The lowest BCUT2D eigenvalue weighted by atomic mass is 10.0. The van der Waals surface area contributed by atoms with Gasteiger partial charge in [-0.3, -0.25) is 4.79 Å². The van der Waals surface area contributed by atoms with Crippen molar-refractivity contribution in [3.8, 4) is 5.88 Å². The Hall–Kier alpha value is -2.86. The van der Waals surface area contributed by atoms with Gasteiger partial charge in [0.25, 0.3) is 5.91 Å². The van der Waals surface area contributed by atoms with Crippen molar-refractivity contribution in [1.82, 2.24) is 10.3 Å². The Morgan fingerprint density at radius 1 is 1.27 bits per heavy atom. The molecule has 26 heavy (non-hydrogen) atoms. The number of fused-ring (bicyclic) bond motifs is 1. The second-order valence-corrected chi connectivity index (χ2v) is 6.35. The Labute approximate surface area is 151 Å². The Balaban J connectivity index is 1.53. The maximum atomic E-state index is 12.9. The van der Waals surface area contributed by atoms with E-state index >= 15 is 0 Å². The molecule has 1 N–H and O–H groups in total. The second kappa shape index (κ2) is 7.17. The predicted octanol–water partition coefficient (Wildman–Crippen LogP) is 3.10. The fourth-order valence-electron chi connectivity index (χ4n) is 3.18. The molecule has 1 saturated heterocycles. The average molecular weight is 352 g/mol. The van der Waals surface area contributed by atoms with Crippen molar-refractivity contribution < 1.29 is 18.7 Å². The minimum Gasteiger partial charge on any atom is -0.470 e. The first-order valence-corrected chi connectivity index (χ1v) is 8.66. The van der Waals surface area contributed by atoms with Crippen molar-refractivity contribution in [1.29, 1.82) is 0 Å². The van der Waals surface area contributed by atoms with Crippen LogP contribution in [-0.2, 0) is 4.74 Å². The molecule has 3 aromatic rings. The molecule has 6 nitrogen and oxygen atoms in total. The molecule has 1 aromatic carbocycles. The number of nitrogens with one attached hydrogen (secondary N) is 1. The molecule has 1 aliphatic heterocycles. The molecule has 2 aromatic heterocycles. The molecule has 2 atom stereocenters. The molecule has 1 fully saturated rings. The first-order chi connectivity index (χ1) is 12.7. The highest BCUT2D eigenvalue weighted by atomic mass is 16.5. The van der Waals surface area contributed by atoms with Crippen LogP contribution in [0.4, 0.5) is 0 Å². The molecule has 6 heteroatoms. The predicted molar refractivity (Wildman–Crippen MR) is 96.3 cm³/mol. The van der Waals surface area contributed by atoms with Gasteiger partial charge in [0.15, 0.2) is 0 Å². The number of carbonyl (C=O) groups excluding carboxylic acids is 1. The maximum absolute atomic E-state index is 12.9. The molecule has 0 unspecified atom stereocenters. The molecule has 1 aliphatic rings. The van der Waals surface area contributed by atoms with E-state index in [1.54, 1.807) is 18.3 Å². The molecule has 3 heterocycles. The Morgan fingerprint density at radius 2 is 2.19 bits per heavy atom. The fraction of sp³-hybridized carbons (Fsp3) is 0.300. The van der Waals surface area contributed by atoms with Crippen molar-refractivity contribution in [2.24, 2.45) is 0 Å². The molecule has 0 saturated carbocycles. The molecule has 1 amide bonds. The summed E-state index contributed by atoms with van der Waals surface area (Å²) < 4.78 is 17.1. The average Bonchev–Trinajstić information content (AvgIpc) is 3.04. The normalized spacial score (nSPS) is 20.0. The highest BCUT2D eigenvalue weighted by Gasteiger charge is 2.30. The Morgan fingerprint density at radius 3 is 3.04 bits per heavy atom. The first kappa shape index (κ1) is 16.6. The minimum absolute atomic E-state index is 0.162. The van der Waals surface area contributed by atoms with Gasteiger partial charge in [-0.25, -0.2) is 4.98 Å². The summed E-state index contributed by atoms with van der Waals surface area (Å²) in [5.74, 6) is 1.13. The maximum Gasteiger partial charge on any atom is 0.255 e. The number of furan rings is 1. The SMILES string of the molecule is Cc1cc2cccc(C(=O)N[C@@H]3CCOC[C@H]3Oc3ccccn3)c2o1. The standard InChI is InChI=1S/C20H20N2O4/c1-13-11-14-5-4-6-15(19(14)25-13)20(23)22-16-8-10-24-12-17(16)26-18-7-2-3-9-21-18/h2-7,9,11,16-17H,8,10,12H2,1H3,(H,22,23)/t16-,17-/m1/s1. The highest BCUT2D eigenvalue weighted by molar-refractivity contribution is 6.05. The van der Waals surface area contributed by atoms with E-state index in [1.165, 1.54) is 0 Å². The van der Waals surface area contributed by atoms with Gasteiger partial charge >= 0.3 is 0 Å². The van der Waals surface area contributed by atoms with Gasteiger partial charge in [-0.05, 0) is 31.5 Å². The fourth-order valence-corrected chi connectivity index (χ4v) is 3.18. The number of pyridine rings is 1. The summed E-state index contributed by atoms with van der Waals surface area (Å²) in [6, 6.07) is 12.8. The summed E-state index contributed by atoms with van der Waals surface area (Å²) >= 11 is 0. The number of carbonyl (C=O) groups is 1. The van der Waals surface area contributed by atoms with Crippen molar-refractivity contribution >= 4 is 16.9 Å². The third-order valence-corrected chi connectivity index (χ3v) is 4.44. The van der Waals surface area contributed by atoms with E-state index in [0.717, 1.165) is 11.1 Å². The molecule has 0 aliphatic carbocycles. The number of ether oxygens (including phenoxy) is 2. The third-order valence-electron chi connectivity index (χ3n) is 4.44. The number of rotatable bonds is 4. The monoisotopic (exact) mass is 352 g/mol. The minimum atomic E-state index is -0.292. The summed E-state index contributed by atoms with van der Waals surface area (Å²) in [5.41, 5.74) is 1.13. The van der Waals surface area contributed by atoms with Crippen molar-refractivity contribution in [2.75, 3.05) is 13.2 Å². The van der Waals surface area contributed by atoms with E-state index in [4.69, 9.17) is 13.9 Å². The van der Waals surface area contributed by atoms with Crippen molar-refractivity contribution in [3.05, 3.63) is 60.0 Å². The van der Waals surface area contributed by atoms with Crippen LogP contribution in [0.15, 0.2) is 53.1 Å². The topological polar surface area (TPSA) is 73.6 Å². The molecule has 134 valence electrons.